The molecule has 2 aliphatic rings. The Balaban J connectivity index is 1.62. The molecule has 0 saturated carbocycles. The summed E-state index contributed by atoms with van der Waals surface area (Å²) in [6.45, 7) is 3.55. The molecule has 5 nitrogen and oxygen atoms in total. The average Bonchev–Trinajstić information content (AvgIpc) is 2.78. The van der Waals surface area contributed by atoms with Crippen molar-refractivity contribution in [2.45, 2.75) is 25.3 Å². The van der Waals surface area contributed by atoms with Gasteiger partial charge in [0.15, 0.2) is 0 Å². The molecule has 0 radical (unpaired) electrons. The first-order chi connectivity index (χ1) is 14.4. The van der Waals surface area contributed by atoms with Crippen LogP contribution >= 0.6 is 38.8 Å². The summed E-state index contributed by atoms with van der Waals surface area (Å²) in [5.41, 5.74) is 4.18. The van der Waals surface area contributed by atoms with E-state index in [1.54, 1.807) is 7.11 Å². The van der Waals surface area contributed by atoms with Gasteiger partial charge in [-0.15, -0.1) is 0 Å². The van der Waals surface area contributed by atoms with E-state index in [9.17, 15) is 4.79 Å². The molecule has 7 heteroatoms. The molecule has 0 aromatic heterocycles. The minimum atomic E-state index is -0.153. The molecule has 2 heterocycles. The van der Waals surface area contributed by atoms with Gasteiger partial charge in [-0.2, -0.15) is 0 Å². The lowest BCUT2D eigenvalue weighted by atomic mass is 9.81. The fourth-order valence-corrected chi connectivity index (χ4v) is 5.99. The van der Waals surface area contributed by atoms with Gasteiger partial charge in [0.05, 0.1) is 46.9 Å². The summed E-state index contributed by atoms with van der Waals surface area (Å²) in [5, 5.41) is 0. The fourth-order valence-electron chi connectivity index (χ4n) is 4.61. The van der Waals surface area contributed by atoms with Crippen LogP contribution in [0.4, 0.5) is 11.4 Å². The number of carbonyl (C=O) groups is 1. The number of likely N-dealkylation sites (N-methyl/N-ethyl adjacent to an activating group) is 1. The molecule has 2 aliphatic heterocycles. The standard InChI is InChI=1S/C23H25BrIN3O2/c1-4-21-23(28(25)20-15-18(30-3)9-10-19(20)26(21)2)11-13-27(14-12-23)22(29)16-5-7-17(24)8-6-16/h4-10,15H,11-14H2,1-3H3/b21-4-. The summed E-state index contributed by atoms with van der Waals surface area (Å²) >= 11 is 5.88. The highest BCUT2D eigenvalue weighted by Gasteiger charge is 2.48. The Morgan fingerprint density at radius 1 is 1.13 bits per heavy atom. The lowest BCUT2D eigenvalue weighted by Gasteiger charge is -2.54. The summed E-state index contributed by atoms with van der Waals surface area (Å²) in [6.07, 6.45) is 3.96. The molecule has 1 spiro atoms. The minimum absolute atomic E-state index is 0.102. The van der Waals surface area contributed by atoms with E-state index in [1.165, 1.54) is 5.70 Å². The van der Waals surface area contributed by atoms with Crippen molar-refractivity contribution in [3.8, 4) is 5.75 Å². The molecule has 0 N–H and O–H groups in total. The number of halogens is 2. The second-order valence-electron chi connectivity index (χ2n) is 7.70. The number of anilines is 2. The second kappa shape index (κ2) is 8.42. The predicted octanol–water partition coefficient (Wildman–Crippen LogP) is 5.64. The van der Waals surface area contributed by atoms with E-state index < -0.39 is 0 Å². The number of rotatable bonds is 2. The number of methoxy groups -OCH3 is 1. The topological polar surface area (TPSA) is 36.0 Å². The van der Waals surface area contributed by atoms with E-state index >= 15 is 0 Å². The number of likely N-dealkylation sites (tertiary alicyclic amines) is 1. The van der Waals surface area contributed by atoms with Crippen LogP contribution in [0.15, 0.2) is 58.7 Å². The number of carbonyl (C=O) groups excluding carboxylic acids is 1. The first-order valence-corrected chi connectivity index (χ1v) is 11.8. The summed E-state index contributed by atoms with van der Waals surface area (Å²) in [7, 11) is 3.83. The van der Waals surface area contributed by atoms with Crippen molar-refractivity contribution >= 4 is 56.1 Å². The number of hydrogen-bond donors (Lipinski definition) is 0. The molecule has 4 rings (SSSR count). The molecule has 1 saturated heterocycles. The summed E-state index contributed by atoms with van der Waals surface area (Å²) in [4.78, 5) is 17.3. The van der Waals surface area contributed by atoms with Gasteiger partial charge in [-0.05, 0) is 56.2 Å². The van der Waals surface area contributed by atoms with Gasteiger partial charge in [0.25, 0.3) is 5.91 Å². The number of allylic oxidation sites excluding steroid dienone is 1. The van der Waals surface area contributed by atoms with Crippen molar-refractivity contribution < 1.29 is 9.53 Å². The molecular formula is C23H25BrIN3O2. The Morgan fingerprint density at radius 2 is 1.80 bits per heavy atom. The number of hydrogen-bond acceptors (Lipinski definition) is 4. The molecule has 2 aromatic carbocycles. The van der Waals surface area contributed by atoms with Crippen LogP contribution in [0.25, 0.3) is 0 Å². The molecule has 1 fully saturated rings. The molecule has 0 aliphatic carbocycles. The van der Waals surface area contributed by atoms with Gasteiger partial charge in [-0.1, -0.05) is 22.0 Å². The molecule has 2 aromatic rings. The number of benzene rings is 2. The van der Waals surface area contributed by atoms with Crippen molar-refractivity contribution in [3.63, 3.8) is 0 Å². The second-order valence-corrected chi connectivity index (χ2v) is 9.58. The van der Waals surface area contributed by atoms with Crippen LogP contribution in [0.5, 0.6) is 5.75 Å². The zero-order chi connectivity index (χ0) is 21.5. The highest BCUT2D eigenvalue weighted by molar-refractivity contribution is 14.1. The summed E-state index contributed by atoms with van der Waals surface area (Å²) < 4.78 is 8.82. The number of amides is 1. The smallest absolute Gasteiger partial charge is 0.253 e. The van der Waals surface area contributed by atoms with E-state index in [1.807, 2.05) is 35.2 Å². The van der Waals surface area contributed by atoms with Gasteiger partial charge in [0.1, 0.15) is 5.75 Å². The molecule has 0 unspecified atom stereocenters. The zero-order valence-corrected chi connectivity index (χ0v) is 21.1. The lowest BCUT2D eigenvalue weighted by Crippen LogP contribution is -2.59. The van der Waals surface area contributed by atoms with Crippen molar-refractivity contribution in [3.05, 3.63) is 64.3 Å². The van der Waals surface area contributed by atoms with Gasteiger partial charge in [-0.3, -0.25) is 4.79 Å². The Morgan fingerprint density at radius 3 is 2.40 bits per heavy atom. The highest BCUT2D eigenvalue weighted by Crippen LogP contribution is 2.51. The minimum Gasteiger partial charge on any atom is -0.497 e. The van der Waals surface area contributed by atoms with Gasteiger partial charge in [0.2, 0.25) is 0 Å². The quantitative estimate of drug-likeness (QED) is 0.340. The maximum atomic E-state index is 13.0. The maximum absolute atomic E-state index is 13.0. The van der Waals surface area contributed by atoms with Crippen LogP contribution in [-0.2, 0) is 0 Å². The van der Waals surface area contributed by atoms with Gasteiger partial charge in [0, 0.05) is 41.9 Å². The third-order valence-electron chi connectivity index (χ3n) is 6.21. The highest BCUT2D eigenvalue weighted by atomic mass is 127. The van der Waals surface area contributed by atoms with Crippen LogP contribution in [-0.4, -0.2) is 43.6 Å². The van der Waals surface area contributed by atoms with E-state index in [4.69, 9.17) is 4.74 Å². The van der Waals surface area contributed by atoms with Crippen molar-refractivity contribution in [2.75, 3.05) is 35.3 Å². The summed E-state index contributed by atoms with van der Waals surface area (Å²) in [6, 6.07) is 13.8. The molecule has 0 bridgehead atoms. The molecule has 30 heavy (non-hydrogen) atoms. The lowest BCUT2D eigenvalue weighted by molar-refractivity contribution is 0.0690. The largest absolute Gasteiger partial charge is 0.497 e. The van der Waals surface area contributed by atoms with Crippen molar-refractivity contribution in [2.24, 2.45) is 0 Å². The summed E-state index contributed by atoms with van der Waals surface area (Å²) in [5.74, 6) is 0.955. The first-order valence-electron chi connectivity index (χ1n) is 10.0. The Hall–Kier alpha value is -1.74. The van der Waals surface area contributed by atoms with Crippen LogP contribution in [0.2, 0.25) is 0 Å². The van der Waals surface area contributed by atoms with Crippen LogP contribution in [0.1, 0.15) is 30.1 Å². The molecule has 0 atom stereocenters. The zero-order valence-electron chi connectivity index (χ0n) is 17.4. The molecule has 158 valence electrons. The van der Waals surface area contributed by atoms with Crippen LogP contribution < -0.4 is 12.8 Å². The molecule has 1 amide bonds. The van der Waals surface area contributed by atoms with E-state index in [0.29, 0.717) is 0 Å². The average molecular weight is 582 g/mol. The predicted molar refractivity (Wildman–Crippen MR) is 134 cm³/mol. The van der Waals surface area contributed by atoms with Gasteiger partial charge < -0.3 is 17.6 Å². The monoisotopic (exact) mass is 581 g/mol. The third-order valence-corrected chi connectivity index (χ3v) is 8.18. The number of nitrogens with zero attached hydrogens (tertiary/aromatic N) is 3. The Kier molecular flexibility index (Phi) is 6.03. The van der Waals surface area contributed by atoms with Crippen molar-refractivity contribution in [1.82, 2.24) is 4.90 Å². The fraction of sp³-hybridized carbons (Fsp3) is 0.348. The number of ether oxygens (including phenoxy) is 1. The number of piperidine rings is 1. The Bertz CT molecular complexity index is 984. The van der Waals surface area contributed by atoms with E-state index in [-0.39, 0.29) is 11.4 Å². The Labute approximate surface area is 200 Å². The van der Waals surface area contributed by atoms with Gasteiger partial charge >= 0.3 is 0 Å². The third kappa shape index (κ3) is 3.49. The van der Waals surface area contributed by atoms with Crippen molar-refractivity contribution in [1.29, 1.82) is 0 Å². The number of fused-ring (bicyclic) bond motifs is 1. The van der Waals surface area contributed by atoms with Crippen LogP contribution in [0.3, 0.4) is 0 Å². The van der Waals surface area contributed by atoms with Gasteiger partial charge in [-0.25, -0.2) is 0 Å². The van der Waals surface area contributed by atoms with E-state index in [0.717, 1.165) is 53.1 Å². The molecular weight excluding hydrogens is 557 g/mol. The SMILES string of the molecule is C/C=C1\N(C)c2ccc(OC)cc2N(I)C12CCN(C(=O)c1ccc(Br)cc1)CC2. The normalized spacial score (nSPS) is 19.2. The maximum Gasteiger partial charge on any atom is 0.253 e. The van der Waals surface area contributed by atoms with E-state index in [2.05, 4.69) is 79.0 Å². The van der Waals surface area contributed by atoms with Crippen LogP contribution in [0, 0.1) is 0 Å². The first kappa shape index (κ1) is 21.5.